The van der Waals surface area contributed by atoms with Gasteiger partial charge in [0, 0.05) is 25.7 Å². The van der Waals surface area contributed by atoms with Crippen molar-refractivity contribution in [1.82, 2.24) is 0 Å². The average Bonchev–Trinajstić information content (AvgIpc) is 3.01. The number of ether oxygens (including phenoxy) is 1. The fourth-order valence-corrected chi connectivity index (χ4v) is 5.01. The van der Waals surface area contributed by atoms with E-state index in [2.05, 4.69) is 31.2 Å². The van der Waals surface area contributed by atoms with Crippen molar-refractivity contribution in [3.8, 4) is 0 Å². The Hall–Kier alpha value is -3.34. The van der Waals surface area contributed by atoms with Crippen molar-refractivity contribution in [2.45, 2.75) is 148 Å². The van der Waals surface area contributed by atoms with Crippen LogP contribution in [-0.4, -0.2) is 94.6 Å². The highest BCUT2D eigenvalue weighted by atomic mass is 16.5. The molecule has 0 saturated heterocycles. The molecule has 0 aliphatic heterocycles. The minimum absolute atomic E-state index is 0.0326. The van der Waals surface area contributed by atoms with E-state index in [0.717, 1.165) is 12.8 Å². The Kier molecular flexibility index (Phi) is 32.7. The van der Waals surface area contributed by atoms with Crippen LogP contribution in [-0.2, 0) is 23.9 Å². The Bertz CT molecular complexity index is 1100. The number of aliphatic hydroxyl groups is 2. The molecular formula is C42H72NO9+. The molecule has 10 nitrogen and oxygen atoms in total. The molecule has 0 aromatic heterocycles. The summed E-state index contributed by atoms with van der Waals surface area (Å²) >= 11 is 0. The number of Topliss-reactive ketones (excluding diaryl/α,β-unsaturated/α-hetero) is 1. The van der Waals surface area contributed by atoms with Gasteiger partial charge in [-0.05, 0) is 83.5 Å². The summed E-state index contributed by atoms with van der Waals surface area (Å²) in [5.74, 6) is -2.49. The molecule has 298 valence electrons. The van der Waals surface area contributed by atoms with Gasteiger partial charge in [0.1, 0.15) is 12.3 Å². The predicted molar refractivity (Wildman–Crippen MR) is 210 cm³/mol. The van der Waals surface area contributed by atoms with Crippen molar-refractivity contribution in [3.63, 3.8) is 0 Å². The predicted octanol–water partition coefficient (Wildman–Crippen LogP) is 8.14. The van der Waals surface area contributed by atoms with Crippen LogP contribution in [0.3, 0.4) is 0 Å². The SMILES string of the molecule is CC(=O)C[C@H](C[N+](C)(C)C)OC(=O)CC(C)CC(=O)O.CCCCC/C=C\CCCC/C=C\CC(O)/C=C\C/C=C\CC(O)C/C=C\CCC(=O)O. The van der Waals surface area contributed by atoms with Gasteiger partial charge in [-0.15, -0.1) is 0 Å². The highest BCUT2D eigenvalue weighted by molar-refractivity contribution is 5.77. The van der Waals surface area contributed by atoms with Gasteiger partial charge in [-0.1, -0.05) is 87.4 Å². The van der Waals surface area contributed by atoms with Crippen LogP contribution in [0.4, 0.5) is 0 Å². The molecule has 10 heteroatoms. The summed E-state index contributed by atoms with van der Waals surface area (Å²) < 4.78 is 5.90. The monoisotopic (exact) mass is 735 g/mol. The van der Waals surface area contributed by atoms with Crippen LogP contribution in [0.2, 0.25) is 0 Å². The number of carboxylic acids is 2. The van der Waals surface area contributed by atoms with E-state index in [-0.39, 0.29) is 37.4 Å². The first-order chi connectivity index (χ1) is 24.5. The highest BCUT2D eigenvalue weighted by Crippen LogP contribution is 2.13. The minimum atomic E-state index is -0.933. The van der Waals surface area contributed by atoms with Gasteiger partial charge in [0.15, 0.2) is 6.10 Å². The maximum Gasteiger partial charge on any atom is 0.306 e. The van der Waals surface area contributed by atoms with E-state index < -0.39 is 36.2 Å². The third kappa shape index (κ3) is 41.1. The van der Waals surface area contributed by atoms with Gasteiger partial charge in [-0.2, -0.15) is 0 Å². The van der Waals surface area contributed by atoms with Crippen LogP contribution in [0.5, 0.6) is 0 Å². The number of ketones is 1. The van der Waals surface area contributed by atoms with E-state index in [9.17, 15) is 29.4 Å². The zero-order valence-electron chi connectivity index (χ0n) is 33.1. The lowest BCUT2D eigenvalue weighted by atomic mass is 10.0. The second kappa shape index (κ2) is 33.5. The number of esters is 1. The topological polar surface area (TPSA) is 158 Å². The lowest BCUT2D eigenvalue weighted by Crippen LogP contribution is -2.43. The molecule has 0 rings (SSSR count). The maximum absolute atomic E-state index is 11.8. The number of carbonyl (C=O) groups is 4. The van der Waals surface area contributed by atoms with Crippen molar-refractivity contribution in [3.05, 3.63) is 60.8 Å². The largest absolute Gasteiger partial charge is 0.481 e. The van der Waals surface area contributed by atoms with Crippen molar-refractivity contribution >= 4 is 23.7 Å². The quantitative estimate of drug-likeness (QED) is 0.0247. The molecule has 0 fully saturated rings. The van der Waals surface area contributed by atoms with E-state index in [1.807, 2.05) is 51.5 Å². The maximum atomic E-state index is 11.8. The molecule has 4 N–H and O–H groups in total. The molecule has 0 heterocycles. The van der Waals surface area contributed by atoms with Crippen LogP contribution in [0.25, 0.3) is 0 Å². The number of carbonyl (C=O) groups excluding carboxylic acids is 2. The number of likely N-dealkylation sites (N-methyl/N-ethyl adjacent to an activating group) is 1. The van der Waals surface area contributed by atoms with E-state index in [1.54, 1.807) is 13.0 Å². The normalized spacial score (nSPS) is 14.5. The zero-order valence-corrected chi connectivity index (χ0v) is 33.1. The summed E-state index contributed by atoms with van der Waals surface area (Å²) in [5, 5.41) is 37.0. The molecule has 3 unspecified atom stereocenters. The fourth-order valence-electron chi connectivity index (χ4n) is 5.01. The molecule has 4 atom stereocenters. The van der Waals surface area contributed by atoms with Gasteiger partial charge in [0.25, 0.3) is 0 Å². The number of rotatable bonds is 30. The molecule has 0 saturated carbocycles. The van der Waals surface area contributed by atoms with Crippen LogP contribution in [0, 0.1) is 5.92 Å². The average molecular weight is 735 g/mol. The molecule has 0 aromatic rings. The number of hydrogen-bond acceptors (Lipinski definition) is 7. The number of quaternary nitrogens is 1. The van der Waals surface area contributed by atoms with Crippen molar-refractivity contribution in [2.24, 2.45) is 5.92 Å². The Morgan fingerprint density at radius 1 is 0.673 bits per heavy atom. The summed E-state index contributed by atoms with van der Waals surface area (Å²) in [4.78, 5) is 43.9. The zero-order chi connectivity index (χ0) is 39.6. The Morgan fingerprint density at radius 2 is 1.21 bits per heavy atom. The number of allylic oxidation sites excluding steroid dienone is 6. The van der Waals surface area contributed by atoms with E-state index in [0.29, 0.717) is 36.7 Å². The van der Waals surface area contributed by atoms with Gasteiger partial charge in [0.2, 0.25) is 0 Å². The first kappa shape index (κ1) is 50.8. The standard InChI is InChI=1S/C28H46O4.C14H25NO5/c1-2-3-4-5-6-7-8-9-10-11-12-16-21-26(29)22-17-13-14-18-23-27(30)24-19-15-20-25-28(31)32;1-10(6-13(17)18)7-14(19)20-12(8-11(2)16)9-15(3,4)5/h6-7,12,14-19,22,26-27,29-30H,2-5,8-11,13,20-21,23-25H2,1H3,(H,31,32);10,12H,6-9H2,1-5H3/p+1/b7-6-,16-12-,18-14-,19-15-,22-17-;/t;10?,12-/m.1/s1. The molecule has 0 spiro atoms. The number of carboxylic acid groups (broad SMARTS) is 2. The Balaban J connectivity index is 0. The van der Waals surface area contributed by atoms with E-state index in [1.165, 1.54) is 51.9 Å². The lowest BCUT2D eigenvalue weighted by Gasteiger charge is -2.28. The molecule has 0 amide bonds. The fraction of sp³-hybridized carbons (Fsp3) is 0.667. The van der Waals surface area contributed by atoms with Crippen molar-refractivity contribution in [2.75, 3.05) is 27.7 Å². The van der Waals surface area contributed by atoms with Crippen LogP contribution in [0.1, 0.15) is 130 Å². The smallest absolute Gasteiger partial charge is 0.306 e. The van der Waals surface area contributed by atoms with Crippen LogP contribution >= 0.6 is 0 Å². The number of nitrogens with zero attached hydrogens (tertiary/aromatic N) is 1. The van der Waals surface area contributed by atoms with Crippen LogP contribution in [0.15, 0.2) is 60.8 Å². The first-order valence-electron chi connectivity index (χ1n) is 19.1. The van der Waals surface area contributed by atoms with Gasteiger partial charge >= 0.3 is 17.9 Å². The Morgan fingerprint density at radius 3 is 1.75 bits per heavy atom. The second-order valence-corrected chi connectivity index (χ2v) is 14.6. The number of hydrogen-bond donors (Lipinski definition) is 4. The third-order valence-corrected chi connectivity index (χ3v) is 7.58. The lowest BCUT2D eigenvalue weighted by molar-refractivity contribution is -0.873. The molecule has 0 bridgehead atoms. The van der Waals surface area contributed by atoms with Crippen LogP contribution < -0.4 is 0 Å². The second-order valence-electron chi connectivity index (χ2n) is 14.6. The summed E-state index contributed by atoms with van der Waals surface area (Å²) in [6, 6.07) is 0. The number of aliphatic carboxylic acids is 2. The first-order valence-corrected chi connectivity index (χ1v) is 19.1. The summed E-state index contributed by atoms with van der Waals surface area (Å²) in [6.45, 7) is 5.93. The number of aliphatic hydroxyl groups excluding tert-OH is 2. The Labute approximate surface area is 314 Å². The molecule has 0 aliphatic carbocycles. The minimum Gasteiger partial charge on any atom is -0.481 e. The van der Waals surface area contributed by atoms with Crippen molar-refractivity contribution in [1.29, 1.82) is 0 Å². The molecular weight excluding hydrogens is 662 g/mol. The van der Waals surface area contributed by atoms with Gasteiger partial charge in [-0.3, -0.25) is 19.2 Å². The summed E-state index contributed by atoms with van der Waals surface area (Å²) in [7, 11) is 5.86. The summed E-state index contributed by atoms with van der Waals surface area (Å²) in [6.07, 6.45) is 31.8. The molecule has 0 aliphatic rings. The van der Waals surface area contributed by atoms with E-state index >= 15 is 0 Å². The third-order valence-electron chi connectivity index (χ3n) is 7.58. The molecule has 52 heavy (non-hydrogen) atoms. The van der Waals surface area contributed by atoms with Gasteiger partial charge in [0.05, 0.1) is 33.4 Å². The van der Waals surface area contributed by atoms with E-state index in [4.69, 9.17) is 14.9 Å². The van der Waals surface area contributed by atoms with Gasteiger partial charge in [-0.25, -0.2) is 0 Å². The number of unbranched alkanes of at least 4 members (excludes halogenated alkanes) is 6. The molecule has 0 aromatic carbocycles. The molecule has 0 radical (unpaired) electrons. The summed E-state index contributed by atoms with van der Waals surface area (Å²) in [5.41, 5.74) is 0. The highest BCUT2D eigenvalue weighted by Gasteiger charge is 2.24. The van der Waals surface area contributed by atoms with Crippen molar-refractivity contribution < 1.29 is 48.8 Å². The van der Waals surface area contributed by atoms with Gasteiger partial charge < -0.3 is 29.6 Å².